The summed E-state index contributed by atoms with van der Waals surface area (Å²) in [6, 6.07) is 13.6. The molecule has 0 aliphatic heterocycles. The van der Waals surface area contributed by atoms with Gasteiger partial charge in [0.15, 0.2) is 0 Å². The Morgan fingerprint density at radius 2 is 1.77 bits per heavy atom. The quantitative estimate of drug-likeness (QED) is 0.666. The highest BCUT2D eigenvalue weighted by Crippen LogP contribution is 2.37. The molecule has 1 aliphatic carbocycles. The molecule has 3 N–H and O–H groups in total. The van der Waals surface area contributed by atoms with Crippen LogP contribution in [0.5, 0.6) is 0 Å². The van der Waals surface area contributed by atoms with Gasteiger partial charge < -0.3 is 16.0 Å². The van der Waals surface area contributed by atoms with Crippen molar-refractivity contribution in [3.63, 3.8) is 0 Å². The van der Waals surface area contributed by atoms with E-state index in [0.29, 0.717) is 16.5 Å². The Bertz CT molecular complexity index is 921. The molecule has 2 aromatic carbocycles. The molecule has 1 saturated carbocycles. The summed E-state index contributed by atoms with van der Waals surface area (Å²) in [4.78, 5) is 26.3. The van der Waals surface area contributed by atoms with Crippen molar-refractivity contribution >= 4 is 23.4 Å². The summed E-state index contributed by atoms with van der Waals surface area (Å²) in [5, 5.41) is 3.88. The molecule has 0 saturated heterocycles. The fourth-order valence-corrected chi connectivity index (χ4v) is 4.66. The lowest BCUT2D eigenvalue weighted by atomic mass is 9.78. The molecule has 1 fully saturated rings. The number of carbonyl (C=O) groups excluding carboxylic acids is 2. The summed E-state index contributed by atoms with van der Waals surface area (Å²) >= 11 is 5.94. The Morgan fingerprint density at radius 1 is 1.13 bits per heavy atom. The van der Waals surface area contributed by atoms with Gasteiger partial charge in [-0.1, -0.05) is 29.8 Å². The van der Waals surface area contributed by atoms with Crippen molar-refractivity contribution in [3.8, 4) is 0 Å². The van der Waals surface area contributed by atoms with E-state index in [2.05, 4.69) is 17.4 Å². The summed E-state index contributed by atoms with van der Waals surface area (Å²) < 4.78 is 0. The van der Waals surface area contributed by atoms with Gasteiger partial charge in [0.2, 0.25) is 5.91 Å². The van der Waals surface area contributed by atoms with Crippen LogP contribution in [0.4, 0.5) is 0 Å². The molecule has 2 aromatic rings. The summed E-state index contributed by atoms with van der Waals surface area (Å²) in [6.45, 7) is 2.60. The minimum absolute atomic E-state index is 0.0424. The number of hydrogen-bond donors (Lipinski definition) is 2. The average Bonchev–Trinajstić information content (AvgIpc) is 2.78. The predicted molar refractivity (Wildman–Crippen MR) is 125 cm³/mol. The van der Waals surface area contributed by atoms with E-state index in [-0.39, 0.29) is 23.8 Å². The van der Waals surface area contributed by atoms with Gasteiger partial charge in [0.05, 0.1) is 5.92 Å². The second-order valence-electron chi connectivity index (χ2n) is 8.54. The van der Waals surface area contributed by atoms with Crippen molar-refractivity contribution in [1.29, 1.82) is 0 Å². The first-order valence-electron chi connectivity index (χ1n) is 10.9. The summed E-state index contributed by atoms with van der Waals surface area (Å²) in [7, 11) is 3.83. The van der Waals surface area contributed by atoms with Crippen molar-refractivity contribution < 1.29 is 9.59 Å². The lowest BCUT2D eigenvalue weighted by Crippen LogP contribution is -2.39. The maximum atomic E-state index is 12.8. The minimum Gasteiger partial charge on any atom is -0.369 e. The number of rotatable bonds is 7. The van der Waals surface area contributed by atoms with Crippen LogP contribution < -0.4 is 11.1 Å². The van der Waals surface area contributed by atoms with E-state index in [0.717, 1.165) is 37.8 Å². The first kappa shape index (κ1) is 23.3. The second-order valence-corrected chi connectivity index (χ2v) is 8.98. The van der Waals surface area contributed by atoms with Crippen LogP contribution in [0.1, 0.15) is 71.5 Å². The molecule has 1 aliphatic rings. The van der Waals surface area contributed by atoms with E-state index >= 15 is 0 Å². The van der Waals surface area contributed by atoms with Gasteiger partial charge in [-0.05, 0) is 86.5 Å². The zero-order valence-electron chi connectivity index (χ0n) is 18.5. The zero-order valence-corrected chi connectivity index (χ0v) is 19.3. The molecule has 2 amide bonds. The summed E-state index contributed by atoms with van der Waals surface area (Å²) in [5.41, 5.74) is 9.69. The molecule has 1 unspecified atom stereocenters. The molecule has 0 heterocycles. The SMILES string of the molecule is CNCc1cc(C(C)C(N)=O)ccc1C1CCC(N(C)C(=O)c2ccc(Cl)cc2)CC1. The Morgan fingerprint density at radius 3 is 2.35 bits per heavy atom. The van der Waals surface area contributed by atoms with Gasteiger partial charge >= 0.3 is 0 Å². The maximum absolute atomic E-state index is 12.8. The third-order valence-electron chi connectivity index (χ3n) is 6.56. The second kappa shape index (κ2) is 10.3. The number of carbonyl (C=O) groups is 2. The number of benzene rings is 2. The van der Waals surface area contributed by atoms with Gasteiger partial charge in [0.25, 0.3) is 5.91 Å². The van der Waals surface area contributed by atoms with Crippen molar-refractivity contribution in [3.05, 3.63) is 69.7 Å². The first-order valence-corrected chi connectivity index (χ1v) is 11.3. The highest BCUT2D eigenvalue weighted by molar-refractivity contribution is 6.30. The molecular weight excluding hydrogens is 410 g/mol. The van der Waals surface area contributed by atoms with Crippen LogP contribution in [0.25, 0.3) is 0 Å². The summed E-state index contributed by atoms with van der Waals surface area (Å²) in [6.07, 6.45) is 4.01. The number of nitrogens with two attached hydrogens (primary N) is 1. The van der Waals surface area contributed by atoms with Crippen LogP contribution in [-0.4, -0.2) is 36.9 Å². The standard InChI is InChI=1S/C25H32ClN3O2/c1-16(24(27)30)19-8-13-23(20(14-19)15-28-2)17-6-11-22(12-7-17)29(3)25(31)18-4-9-21(26)10-5-18/h4-5,8-10,13-14,16-17,22,28H,6-7,11-12,15H2,1-3H3,(H2,27,30). The number of halogens is 1. The van der Waals surface area contributed by atoms with Crippen LogP contribution in [0, 0.1) is 0 Å². The highest BCUT2D eigenvalue weighted by atomic mass is 35.5. The van der Waals surface area contributed by atoms with Gasteiger partial charge in [0, 0.05) is 30.2 Å². The molecule has 0 bridgehead atoms. The molecule has 0 spiro atoms. The lowest BCUT2D eigenvalue weighted by Gasteiger charge is -2.35. The molecule has 3 rings (SSSR count). The molecule has 1 atom stereocenters. The number of hydrogen-bond acceptors (Lipinski definition) is 3. The molecule has 5 nitrogen and oxygen atoms in total. The zero-order chi connectivity index (χ0) is 22.5. The molecule has 6 heteroatoms. The smallest absolute Gasteiger partial charge is 0.253 e. The number of nitrogens with one attached hydrogen (secondary N) is 1. The molecule has 31 heavy (non-hydrogen) atoms. The number of primary amides is 1. The Kier molecular flexibility index (Phi) is 7.74. The van der Waals surface area contributed by atoms with Crippen molar-refractivity contribution in [2.75, 3.05) is 14.1 Å². The van der Waals surface area contributed by atoms with Crippen molar-refractivity contribution in [2.24, 2.45) is 5.73 Å². The monoisotopic (exact) mass is 441 g/mol. The Balaban J connectivity index is 1.69. The summed E-state index contributed by atoms with van der Waals surface area (Å²) in [5.74, 6) is -0.109. The van der Waals surface area contributed by atoms with Gasteiger partial charge in [-0.2, -0.15) is 0 Å². The van der Waals surface area contributed by atoms with E-state index in [1.165, 1.54) is 11.1 Å². The van der Waals surface area contributed by atoms with Crippen LogP contribution in [0.3, 0.4) is 0 Å². The van der Waals surface area contributed by atoms with Crippen LogP contribution in [0.2, 0.25) is 5.02 Å². The third-order valence-corrected chi connectivity index (χ3v) is 6.81. The van der Waals surface area contributed by atoms with E-state index in [1.54, 1.807) is 24.3 Å². The van der Waals surface area contributed by atoms with Crippen LogP contribution >= 0.6 is 11.6 Å². The highest BCUT2D eigenvalue weighted by Gasteiger charge is 2.29. The Labute approximate surface area is 190 Å². The molecule has 0 radical (unpaired) electrons. The van der Waals surface area contributed by atoms with Gasteiger partial charge in [-0.15, -0.1) is 0 Å². The van der Waals surface area contributed by atoms with Crippen LogP contribution in [-0.2, 0) is 11.3 Å². The fraction of sp³-hybridized carbons (Fsp3) is 0.440. The van der Waals surface area contributed by atoms with Crippen molar-refractivity contribution in [1.82, 2.24) is 10.2 Å². The Hall–Kier alpha value is -2.37. The minimum atomic E-state index is -0.308. The third kappa shape index (κ3) is 5.46. The van der Waals surface area contributed by atoms with E-state index in [4.69, 9.17) is 17.3 Å². The largest absolute Gasteiger partial charge is 0.369 e. The molecule has 166 valence electrons. The average molecular weight is 442 g/mol. The van der Waals surface area contributed by atoms with E-state index in [9.17, 15) is 9.59 Å². The van der Waals surface area contributed by atoms with E-state index in [1.807, 2.05) is 32.0 Å². The van der Waals surface area contributed by atoms with Crippen LogP contribution in [0.15, 0.2) is 42.5 Å². The number of nitrogens with zero attached hydrogens (tertiary/aromatic N) is 1. The van der Waals surface area contributed by atoms with Gasteiger partial charge in [0.1, 0.15) is 0 Å². The fourth-order valence-electron chi connectivity index (χ4n) is 4.54. The predicted octanol–water partition coefficient (Wildman–Crippen LogP) is 4.45. The topological polar surface area (TPSA) is 75.4 Å². The molecule has 0 aromatic heterocycles. The van der Waals surface area contributed by atoms with Gasteiger partial charge in [-0.3, -0.25) is 9.59 Å². The first-order chi connectivity index (χ1) is 14.8. The van der Waals surface area contributed by atoms with Gasteiger partial charge in [-0.25, -0.2) is 0 Å². The molecular formula is C25H32ClN3O2. The van der Waals surface area contributed by atoms with E-state index < -0.39 is 0 Å². The van der Waals surface area contributed by atoms with Crippen molar-refractivity contribution in [2.45, 2.75) is 57.0 Å². The maximum Gasteiger partial charge on any atom is 0.253 e. The number of amides is 2. The lowest BCUT2D eigenvalue weighted by molar-refractivity contribution is -0.119. The normalized spacial score (nSPS) is 19.6.